The smallest absolute Gasteiger partial charge is 0.222 e. The fourth-order valence-corrected chi connectivity index (χ4v) is 1.32. The Bertz CT molecular complexity index is 254. The highest BCUT2D eigenvalue weighted by Gasteiger charge is 2.25. The van der Waals surface area contributed by atoms with Gasteiger partial charge in [0.1, 0.15) is 0 Å². The third-order valence-corrected chi connectivity index (χ3v) is 2.57. The molecule has 0 aromatic heterocycles. The molecule has 2 rings (SSSR count). The Hall–Kier alpha value is -1.06. The van der Waals surface area contributed by atoms with E-state index in [1.54, 1.807) is 0 Å². The van der Waals surface area contributed by atoms with E-state index in [4.69, 9.17) is 5.73 Å². The molecule has 0 radical (unpaired) electrons. The van der Waals surface area contributed by atoms with Gasteiger partial charge in [0, 0.05) is 24.9 Å². The van der Waals surface area contributed by atoms with E-state index in [0.29, 0.717) is 24.9 Å². The summed E-state index contributed by atoms with van der Waals surface area (Å²) in [5.74, 6) is 1.37. The molecule has 78 valence electrons. The zero-order valence-electron chi connectivity index (χ0n) is 8.33. The van der Waals surface area contributed by atoms with E-state index in [-0.39, 0.29) is 5.91 Å². The van der Waals surface area contributed by atoms with Crippen LogP contribution in [0.5, 0.6) is 0 Å². The second-order valence-corrected chi connectivity index (χ2v) is 4.17. The van der Waals surface area contributed by atoms with Crippen LogP contribution in [0.4, 0.5) is 0 Å². The van der Waals surface area contributed by atoms with Gasteiger partial charge in [-0.05, 0) is 25.7 Å². The maximum atomic E-state index is 11.2. The molecule has 2 aliphatic carbocycles. The van der Waals surface area contributed by atoms with Crippen molar-refractivity contribution in [3.63, 3.8) is 0 Å². The van der Waals surface area contributed by atoms with E-state index in [1.165, 1.54) is 12.8 Å². The van der Waals surface area contributed by atoms with E-state index < -0.39 is 0 Å². The fourth-order valence-electron chi connectivity index (χ4n) is 1.32. The quantitative estimate of drug-likeness (QED) is 0.493. The molecule has 0 bridgehead atoms. The van der Waals surface area contributed by atoms with Crippen LogP contribution in [0.1, 0.15) is 32.1 Å². The van der Waals surface area contributed by atoms with Crippen LogP contribution in [0, 0.1) is 5.92 Å². The SMILES string of the molecule is NC(=NCCC(=O)NC1CC1)C1CC1. The van der Waals surface area contributed by atoms with E-state index in [9.17, 15) is 4.79 Å². The van der Waals surface area contributed by atoms with Gasteiger partial charge < -0.3 is 11.1 Å². The van der Waals surface area contributed by atoms with Crippen molar-refractivity contribution in [1.82, 2.24) is 5.32 Å². The number of hydrogen-bond donors (Lipinski definition) is 2. The topological polar surface area (TPSA) is 67.5 Å². The molecule has 0 atom stereocenters. The fraction of sp³-hybridized carbons (Fsp3) is 0.800. The van der Waals surface area contributed by atoms with Gasteiger partial charge in [0.2, 0.25) is 5.91 Å². The third-order valence-electron chi connectivity index (χ3n) is 2.57. The lowest BCUT2D eigenvalue weighted by Crippen LogP contribution is -2.26. The second-order valence-electron chi connectivity index (χ2n) is 4.17. The van der Waals surface area contributed by atoms with E-state index >= 15 is 0 Å². The Labute approximate surface area is 84.0 Å². The lowest BCUT2D eigenvalue weighted by atomic mass is 10.3. The number of amides is 1. The summed E-state index contributed by atoms with van der Waals surface area (Å²) in [4.78, 5) is 15.4. The van der Waals surface area contributed by atoms with Crippen LogP contribution in [0.15, 0.2) is 4.99 Å². The largest absolute Gasteiger partial charge is 0.387 e. The lowest BCUT2D eigenvalue weighted by Gasteiger charge is -2.01. The molecule has 0 aromatic rings. The van der Waals surface area contributed by atoms with Crippen LogP contribution in [0.3, 0.4) is 0 Å². The molecule has 0 aromatic carbocycles. The van der Waals surface area contributed by atoms with Crippen molar-refractivity contribution < 1.29 is 4.79 Å². The van der Waals surface area contributed by atoms with Gasteiger partial charge in [-0.1, -0.05) is 0 Å². The number of nitrogens with two attached hydrogens (primary N) is 1. The second kappa shape index (κ2) is 3.98. The summed E-state index contributed by atoms with van der Waals surface area (Å²) in [6.07, 6.45) is 5.09. The molecule has 2 aliphatic rings. The van der Waals surface area contributed by atoms with Crippen molar-refractivity contribution in [2.45, 2.75) is 38.1 Å². The molecule has 3 N–H and O–H groups in total. The highest BCUT2D eigenvalue weighted by atomic mass is 16.1. The summed E-state index contributed by atoms with van der Waals surface area (Å²) in [7, 11) is 0. The maximum absolute atomic E-state index is 11.2. The number of nitrogens with zero attached hydrogens (tertiary/aromatic N) is 1. The molecule has 0 spiro atoms. The summed E-state index contributed by atoms with van der Waals surface area (Å²) >= 11 is 0. The van der Waals surface area contributed by atoms with Gasteiger partial charge in [-0.25, -0.2) is 0 Å². The standard InChI is InChI=1S/C10H17N3O/c11-10(7-1-2-7)12-6-5-9(14)13-8-3-4-8/h7-8H,1-6H2,(H2,11,12)(H,13,14). The normalized spacial score (nSPS) is 22.1. The molecule has 0 aliphatic heterocycles. The average Bonchev–Trinajstić information content (AvgIpc) is 2.99. The van der Waals surface area contributed by atoms with Crippen molar-refractivity contribution in [2.75, 3.05) is 6.54 Å². The Kier molecular flexibility index (Phi) is 2.70. The maximum Gasteiger partial charge on any atom is 0.222 e. The molecule has 0 unspecified atom stereocenters. The molecule has 2 saturated carbocycles. The summed E-state index contributed by atoms with van der Waals surface area (Å²) in [5, 5.41) is 2.92. The predicted octanol–water partition coefficient (Wildman–Crippen LogP) is 0.422. The molecule has 2 fully saturated rings. The molecular weight excluding hydrogens is 178 g/mol. The first-order valence-corrected chi connectivity index (χ1v) is 5.35. The van der Waals surface area contributed by atoms with E-state index in [2.05, 4.69) is 10.3 Å². The van der Waals surface area contributed by atoms with Crippen molar-refractivity contribution in [3.05, 3.63) is 0 Å². The van der Waals surface area contributed by atoms with Crippen LogP contribution >= 0.6 is 0 Å². The van der Waals surface area contributed by atoms with Crippen LogP contribution < -0.4 is 11.1 Å². The molecule has 4 nitrogen and oxygen atoms in total. The van der Waals surface area contributed by atoms with Gasteiger partial charge in [-0.15, -0.1) is 0 Å². The Balaban J connectivity index is 1.60. The molecule has 4 heteroatoms. The lowest BCUT2D eigenvalue weighted by molar-refractivity contribution is -0.121. The zero-order chi connectivity index (χ0) is 9.97. The number of carbonyl (C=O) groups is 1. The first-order chi connectivity index (χ1) is 6.75. The zero-order valence-corrected chi connectivity index (χ0v) is 8.33. The Morgan fingerprint density at radius 1 is 1.36 bits per heavy atom. The number of nitrogens with one attached hydrogen (secondary N) is 1. The van der Waals surface area contributed by atoms with Crippen molar-refractivity contribution in [3.8, 4) is 0 Å². The van der Waals surface area contributed by atoms with Crippen LogP contribution in [0.2, 0.25) is 0 Å². The molecule has 0 heterocycles. The average molecular weight is 195 g/mol. The summed E-state index contributed by atoms with van der Waals surface area (Å²) in [5.41, 5.74) is 5.70. The first kappa shape index (κ1) is 9.49. The first-order valence-electron chi connectivity index (χ1n) is 5.35. The number of carbonyl (C=O) groups excluding carboxylic acids is 1. The van der Waals surface area contributed by atoms with Gasteiger partial charge in [-0.2, -0.15) is 0 Å². The highest BCUT2D eigenvalue weighted by Crippen LogP contribution is 2.28. The third kappa shape index (κ3) is 3.01. The van der Waals surface area contributed by atoms with Gasteiger partial charge in [0.05, 0.1) is 5.84 Å². The van der Waals surface area contributed by atoms with Gasteiger partial charge in [0.15, 0.2) is 0 Å². The number of amidine groups is 1. The Morgan fingerprint density at radius 2 is 2.07 bits per heavy atom. The highest BCUT2D eigenvalue weighted by molar-refractivity contribution is 5.85. The van der Waals surface area contributed by atoms with Crippen LogP contribution in [-0.4, -0.2) is 24.3 Å². The summed E-state index contributed by atoms with van der Waals surface area (Å²) < 4.78 is 0. The summed E-state index contributed by atoms with van der Waals surface area (Å²) in [6.45, 7) is 0.543. The molecule has 1 amide bonds. The number of aliphatic imine (C=N–C) groups is 1. The van der Waals surface area contributed by atoms with Crippen molar-refractivity contribution in [1.29, 1.82) is 0 Å². The molecular formula is C10H17N3O. The van der Waals surface area contributed by atoms with Crippen LogP contribution in [-0.2, 0) is 4.79 Å². The molecule has 0 saturated heterocycles. The van der Waals surface area contributed by atoms with Gasteiger partial charge in [-0.3, -0.25) is 9.79 Å². The minimum Gasteiger partial charge on any atom is -0.387 e. The number of hydrogen-bond acceptors (Lipinski definition) is 2. The monoisotopic (exact) mass is 195 g/mol. The van der Waals surface area contributed by atoms with Crippen LogP contribution in [0.25, 0.3) is 0 Å². The van der Waals surface area contributed by atoms with E-state index in [0.717, 1.165) is 18.7 Å². The summed E-state index contributed by atoms with van der Waals surface area (Å²) in [6, 6.07) is 0.451. The predicted molar refractivity (Wildman–Crippen MR) is 55.0 cm³/mol. The minimum absolute atomic E-state index is 0.111. The van der Waals surface area contributed by atoms with Crippen molar-refractivity contribution >= 4 is 11.7 Å². The Morgan fingerprint density at radius 3 is 2.64 bits per heavy atom. The van der Waals surface area contributed by atoms with Gasteiger partial charge in [0.25, 0.3) is 0 Å². The van der Waals surface area contributed by atoms with E-state index in [1.807, 2.05) is 0 Å². The van der Waals surface area contributed by atoms with Gasteiger partial charge >= 0.3 is 0 Å². The van der Waals surface area contributed by atoms with Crippen molar-refractivity contribution in [2.24, 2.45) is 16.6 Å². The molecule has 14 heavy (non-hydrogen) atoms. The number of rotatable bonds is 5. The minimum atomic E-state index is 0.111.